The molecule has 0 N–H and O–H groups in total. The molecule has 3 aromatic rings. The van der Waals surface area contributed by atoms with Crippen LogP contribution in [0.25, 0.3) is 21.9 Å². The van der Waals surface area contributed by atoms with Crippen LogP contribution < -0.4 is 0 Å². The lowest BCUT2D eigenvalue weighted by Crippen LogP contribution is -2.18. The fourth-order valence-electron chi connectivity index (χ4n) is 3.97. The molecule has 0 amide bonds. The van der Waals surface area contributed by atoms with E-state index >= 15 is 0 Å². The highest BCUT2D eigenvalue weighted by Crippen LogP contribution is 2.40. The predicted molar refractivity (Wildman–Crippen MR) is 122 cm³/mol. The van der Waals surface area contributed by atoms with Crippen molar-refractivity contribution in [3.8, 4) is 0 Å². The van der Waals surface area contributed by atoms with Crippen LogP contribution in [-0.4, -0.2) is 0 Å². The second kappa shape index (κ2) is 6.98. The topological polar surface area (TPSA) is 0 Å². The van der Waals surface area contributed by atoms with Crippen molar-refractivity contribution in [3.05, 3.63) is 107 Å². The number of rotatable bonds is 1. The average Bonchev–Trinajstić information content (AvgIpc) is 2.70. The van der Waals surface area contributed by atoms with Gasteiger partial charge in [0.05, 0.1) is 0 Å². The lowest BCUT2D eigenvalue weighted by Gasteiger charge is -2.29. The number of hydrogen-bond acceptors (Lipinski definition) is 0. The van der Waals surface area contributed by atoms with Gasteiger partial charge in [0.1, 0.15) is 0 Å². The molecule has 0 saturated heterocycles. The monoisotopic (exact) mass is 414 g/mol. The summed E-state index contributed by atoms with van der Waals surface area (Å²) >= 11 is 3.59. The third kappa shape index (κ3) is 3.44. The van der Waals surface area contributed by atoms with Crippen LogP contribution in [0.15, 0.2) is 89.9 Å². The van der Waals surface area contributed by atoms with Crippen LogP contribution in [0.3, 0.4) is 0 Å². The molecule has 0 spiro atoms. The predicted octanol–water partition coefficient (Wildman–Crippen LogP) is 7.94. The molecule has 0 radical (unpaired) electrons. The fraction of sp³-hybridized carbons (Fsp3) is 0.154. The van der Waals surface area contributed by atoms with E-state index < -0.39 is 0 Å². The molecule has 0 aliphatic heterocycles. The zero-order valence-corrected chi connectivity index (χ0v) is 17.4. The van der Waals surface area contributed by atoms with Crippen LogP contribution in [-0.2, 0) is 5.41 Å². The fourth-order valence-corrected chi connectivity index (χ4v) is 4.36. The number of fused-ring (bicyclic) bond motifs is 3. The molecule has 0 unspecified atom stereocenters. The molecule has 4 rings (SSSR count). The second-order valence-corrected chi connectivity index (χ2v) is 8.74. The summed E-state index contributed by atoms with van der Waals surface area (Å²) < 4.78 is 1.10. The van der Waals surface area contributed by atoms with Crippen LogP contribution >= 0.6 is 15.9 Å². The van der Waals surface area contributed by atoms with E-state index in [1.807, 2.05) is 0 Å². The van der Waals surface area contributed by atoms with Crippen LogP contribution in [0.4, 0.5) is 0 Å². The van der Waals surface area contributed by atoms with E-state index in [-0.39, 0.29) is 5.41 Å². The summed E-state index contributed by atoms with van der Waals surface area (Å²) in [6.07, 6.45) is 7.68. The maximum absolute atomic E-state index is 4.39. The first-order valence-corrected chi connectivity index (χ1v) is 10.1. The zero-order chi connectivity index (χ0) is 19.0. The Morgan fingerprint density at radius 2 is 1.74 bits per heavy atom. The normalized spacial score (nSPS) is 19.4. The minimum Gasteiger partial charge on any atom is -0.0911 e. The summed E-state index contributed by atoms with van der Waals surface area (Å²) in [5, 5.41) is 2.62. The standard InChI is InChI=1S/C26H23Br/c1-18-11-12-19(21-8-6-9-22(27)17-21)15-16-26(2,3)25-23(18)14-13-20-7-4-5-10-24(20)25/h4-15,17H,1,16H2,2-3H3/b12-11-,19-15+. The SMILES string of the molecule is C=C1/C=C\C(c2cccc(Br)c2)=C/CC(C)(C)c2c1ccc1ccccc21. The maximum Gasteiger partial charge on any atom is 0.0181 e. The van der Waals surface area contributed by atoms with Gasteiger partial charge in [-0.05, 0) is 62.6 Å². The van der Waals surface area contributed by atoms with E-state index in [9.17, 15) is 0 Å². The van der Waals surface area contributed by atoms with E-state index in [0.29, 0.717) is 0 Å². The van der Waals surface area contributed by atoms with E-state index in [0.717, 1.165) is 16.5 Å². The van der Waals surface area contributed by atoms with Gasteiger partial charge in [-0.1, -0.05) is 103 Å². The van der Waals surface area contributed by atoms with E-state index in [4.69, 9.17) is 0 Å². The third-order valence-electron chi connectivity index (χ3n) is 5.41. The number of benzene rings is 3. The quantitative estimate of drug-likeness (QED) is 0.378. The molecule has 1 aliphatic carbocycles. The smallest absolute Gasteiger partial charge is 0.0181 e. The Morgan fingerprint density at radius 3 is 2.56 bits per heavy atom. The van der Waals surface area contributed by atoms with Crippen molar-refractivity contribution < 1.29 is 0 Å². The molecule has 0 aromatic heterocycles. The van der Waals surface area contributed by atoms with Gasteiger partial charge in [-0.25, -0.2) is 0 Å². The Bertz CT molecular complexity index is 1100. The molecule has 0 heterocycles. The second-order valence-electron chi connectivity index (χ2n) is 7.83. The summed E-state index contributed by atoms with van der Waals surface area (Å²) in [7, 11) is 0. The van der Waals surface area contributed by atoms with Crippen molar-refractivity contribution in [2.45, 2.75) is 25.7 Å². The minimum atomic E-state index is 0.00240. The van der Waals surface area contributed by atoms with Crippen LogP contribution in [0.2, 0.25) is 0 Å². The Morgan fingerprint density at radius 1 is 0.926 bits per heavy atom. The lowest BCUT2D eigenvalue weighted by atomic mass is 9.75. The van der Waals surface area contributed by atoms with Crippen molar-refractivity contribution in [3.63, 3.8) is 0 Å². The van der Waals surface area contributed by atoms with Crippen molar-refractivity contribution in [1.29, 1.82) is 0 Å². The molecule has 1 aliphatic rings. The van der Waals surface area contributed by atoms with Crippen molar-refractivity contribution in [2.75, 3.05) is 0 Å². The van der Waals surface area contributed by atoms with Gasteiger partial charge in [-0.3, -0.25) is 0 Å². The van der Waals surface area contributed by atoms with E-state index in [1.165, 1.54) is 33.0 Å². The van der Waals surface area contributed by atoms with Gasteiger partial charge in [-0.15, -0.1) is 0 Å². The molecular formula is C26H23Br. The first kappa shape index (κ1) is 18.0. The van der Waals surface area contributed by atoms with Gasteiger partial charge in [0.25, 0.3) is 0 Å². The van der Waals surface area contributed by atoms with Gasteiger partial charge in [0.15, 0.2) is 0 Å². The molecular weight excluding hydrogens is 392 g/mol. The van der Waals surface area contributed by atoms with Gasteiger partial charge < -0.3 is 0 Å². The molecule has 0 fully saturated rings. The van der Waals surface area contributed by atoms with Crippen LogP contribution in [0.5, 0.6) is 0 Å². The van der Waals surface area contributed by atoms with Gasteiger partial charge in [-0.2, -0.15) is 0 Å². The molecule has 0 bridgehead atoms. The third-order valence-corrected chi connectivity index (χ3v) is 5.90. The molecule has 134 valence electrons. The van der Waals surface area contributed by atoms with Gasteiger partial charge in [0, 0.05) is 4.47 Å². The summed E-state index contributed by atoms with van der Waals surface area (Å²) in [5.41, 5.74) is 6.16. The zero-order valence-electron chi connectivity index (χ0n) is 15.8. The highest BCUT2D eigenvalue weighted by Gasteiger charge is 2.26. The van der Waals surface area contributed by atoms with Gasteiger partial charge >= 0.3 is 0 Å². The molecule has 1 heteroatoms. The van der Waals surface area contributed by atoms with Gasteiger partial charge in [0.2, 0.25) is 0 Å². The average molecular weight is 415 g/mol. The van der Waals surface area contributed by atoms with Crippen molar-refractivity contribution in [1.82, 2.24) is 0 Å². The first-order valence-electron chi connectivity index (χ1n) is 9.31. The number of hydrogen-bond donors (Lipinski definition) is 0. The van der Waals surface area contributed by atoms with E-state index in [1.54, 1.807) is 0 Å². The van der Waals surface area contributed by atoms with Crippen LogP contribution in [0, 0.1) is 0 Å². The number of halogens is 1. The lowest BCUT2D eigenvalue weighted by molar-refractivity contribution is 0.538. The molecule has 0 saturated carbocycles. The maximum atomic E-state index is 4.39. The summed E-state index contributed by atoms with van der Waals surface area (Å²) in [4.78, 5) is 0. The van der Waals surface area contributed by atoms with E-state index in [2.05, 4.69) is 115 Å². The van der Waals surface area contributed by atoms with Crippen molar-refractivity contribution >= 4 is 37.8 Å². The molecule has 3 aromatic carbocycles. The Labute approximate surface area is 170 Å². The molecule has 27 heavy (non-hydrogen) atoms. The summed E-state index contributed by atoms with van der Waals surface area (Å²) in [6, 6.07) is 21.6. The largest absolute Gasteiger partial charge is 0.0911 e. The Kier molecular flexibility index (Phi) is 4.65. The summed E-state index contributed by atoms with van der Waals surface area (Å²) in [6.45, 7) is 9.07. The molecule has 0 atom stereocenters. The molecule has 0 nitrogen and oxygen atoms in total. The highest BCUT2D eigenvalue weighted by atomic mass is 79.9. The highest BCUT2D eigenvalue weighted by molar-refractivity contribution is 9.10. The Hall–Kier alpha value is -2.38. The minimum absolute atomic E-state index is 0.00240. The van der Waals surface area contributed by atoms with Crippen LogP contribution in [0.1, 0.15) is 37.0 Å². The number of allylic oxidation sites excluding steroid dienone is 5. The van der Waals surface area contributed by atoms with Crippen molar-refractivity contribution in [2.24, 2.45) is 0 Å². The Balaban J connectivity index is 1.91. The first-order chi connectivity index (χ1) is 13.0. The summed E-state index contributed by atoms with van der Waals surface area (Å²) in [5.74, 6) is 0.